The number of hydrogen-bond acceptors (Lipinski definition) is 2. The molecule has 1 aliphatic rings. The maximum Gasteiger partial charge on any atom is 0.235 e. The molecule has 1 amide bonds. The number of carbonyl (C=O) groups is 1. The van der Waals surface area contributed by atoms with Crippen molar-refractivity contribution in [3.63, 3.8) is 0 Å². The molecule has 0 bridgehead atoms. The number of benzene rings is 1. The van der Waals surface area contributed by atoms with E-state index in [1.165, 1.54) is 5.56 Å². The number of rotatable bonds is 3. The van der Waals surface area contributed by atoms with Crippen LogP contribution in [-0.2, 0) is 4.79 Å². The molecule has 1 aliphatic carbocycles. The quantitative estimate of drug-likeness (QED) is 0.909. The van der Waals surface area contributed by atoms with Gasteiger partial charge in [-0.25, -0.2) is 0 Å². The number of amides is 1. The van der Waals surface area contributed by atoms with E-state index in [4.69, 9.17) is 0 Å². The van der Waals surface area contributed by atoms with E-state index in [0.29, 0.717) is 0 Å². The van der Waals surface area contributed by atoms with Crippen molar-refractivity contribution in [1.82, 2.24) is 0 Å². The first kappa shape index (κ1) is 14.1. The number of nitrogens with zero attached hydrogens (tertiary/aromatic N) is 1. The van der Waals surface area contributed by atoms with Gasteiger partial charge in [0.15, 0.2) is 0 Å². The topological polar surface area (TPSA) is 40.5 Å². The molecule has 104 valence electrons. The Morgan fingerprint density at radius 1 is 1.26 bits per heavy atom. The number of anilines is 1. The lowest BCUT2D eigenvalue weighted by atomic mass is 9.68. The summed E-state index contributed by atoms with van der Waals surface area (Å²) in [5.41, 5.74) is 3.88. The zero-order valence-electron chi connectivity index (χ0n) is 12.3. The Morgan fingerprint density at radius 3 is 2.16 bits per heavy atom. The summed E-state index contributed by atoms with van der Waals surface area (Å²) in [6.07, 6.45) is 2.64. The Balaban J connectivity index is 2.34. The van der Waals surface area contributed by atoms with E-state index in [1.807, 2.05) is 20.9 Å². The number of aliphatic hydroxyl groups is 1. The summed E-state index contributed by atoms with van der Waals surface area (Å²) in [5, 5.41) is 9.54. The monoisotopic (exact) mass is 261 g/mol. The average Bonchev–Trinajstić information content (AvgIpc) is 2.26. The first-order valence-corrected chi connectivity index (χ1v) is 6.88. The summed E-state index contributed by atoms with van der Waals surface area (Å²) in [6, 6.07) is 4.19. The lowest BCUT2D eigenvalue weighted by molar-refractivity contribution is -0.136. The number of carbonyl (C=O) groups excluding carboxylic acids is 1. The normalized spacial score (nSPS) is 16.9. The molecule has 1 saturated carbocycles. The van der Waals surface area contributed by atoms with Crippen molar-refractivity contribution in [2.24, 2.45) is 5.41 Å². The fourth-order valence-electron chi connectivity index (χ4n) is 3.20. The molecule has 1 N–H and O–H groups in total. The van der Waals surface area contributed by atoms with Crippen molar-refractivity contribution in [3.05, 3.63) is 28.8 Å². The van der Waals surface area contributed by atoms with E-state index in [0.717, 1.165) is 36.1 Å². The molecule has 0 spiro atoms. The molecule has 0 unspecified atom stereocenters. The maximum absolute atomic E-state index is 12.6. The maximum atomic E-state index is 12.6. The minimum atomic E-state index is -0.529. The van der Waals surface area contributed by atoms with Gasteiger partial charge in [-0.15, -0.1) is 0 Å². The second-order valence-corrected chi connectivity index (χ2v) is 5.90. The van der Waals surface area contributed by atoms with E-state index >= 15 is 0 Å². The van der Waals surface area contributed by atoms with Crippen LogP contribution < -0.4 is 4.90 Å². The molecule has 3 nitrogen and oxygen atoms in total. The Bertz CT molecular complexity index is 475. The highest BCUT2D eigenvalue weighted by molar-refractivity contribution is 5.99. The summed E-state index contributed by atoms with van der Waals surface area (Å²) in [5.74, 6) is 0.0521. The Hall–Kier alpha value is -1.35. The fraction of sp³-hybridized carbons (Fsp3) is 0.562. The van der Waals surface area contributed by atoms with Gasteiger partial charge < -0.3 is 10.0 Å². The molecule has 19 heavy (non-hydrogen) atoms. The standard InChI is InChI=1S/C16H23NO2/c1-11-8-12(2)14(13(3)9-11)17(4)15(19)16(10-18)6-5-7-16/h8-9,18H,5-7,10H2,1-4H3. The van der Waals surface area contributed by atoms with Gasteiger partial charge in [-0.2, -0.15) is 0 Å². The predicted molar refractivity (Wildman–Crippen MR) is 77.4 cm³/mol. The van der Waals surface area contributed by atoms with Crippen molar-refractivity contribution >= 4 is 11.6 Å². The fourth-order valence-corrected chi connectivity index (χ4v) is 3.20. The third kappa shape index (κ3) is 2.27. The predicted octanol–water partition coefficient (Wildman–Crippen LogP) is 2.74. The van der Waals surface area contributed by atoms with Crippen LogP contribution in [0.3, 0.4) is 0 Å². The van der Waals surface area contributed by atoms with Gasteiger partial charge in [0.25, 0.3) is 0 Å². The van der Waals surface area contributed by atoms with Gasteiger partial charge in [0.05, 0.1) is 12.0 Å². The van der Waals surface area contributed by atoms with Crippen LogP contribution in [0.4, 0.5) is 5.69 Å². The van der Waals surface area contributed by atoms with Crippen LogP contribution >= 0.6 is 0 Å². The SMILES string of the molecule is Cc1cc(C)c(N(C)C(=O)C2(CO)CCC2)c(C)c1. The lowest BCUT2D eigenvalue weighted by Gasteiger charge is -2.41. The van der Waals surface area contributed by atoms with Crippen LogP contribution in [0.25, 0.3) is 0 Å². The van der Waals surface area contributed by atoms with Crippen molar-refractivity contribution in [2.75, 3.05) is 18.6 Å². The smallest absolute Gasteiger partial charge is 0.235 e. The van der Waals surface area contributed by atoms with Crippen LogP contribution in [0.15, 0.2) is 12.1 Å². The van der Waals surface area contributed by atoms with Crippen molar-refractivity contribution < 1.29 is 9.90 Å². The van der Waals surface area contributed by atoms with Gasteiger partial charge in [-0.3, -0.25) is 4.79 Å². The van der Waals surface area contributed by atoms with Crippen LogP contribution in [0.2, 0.25) is 0 Å². The Morgan fingerprint density at radius 2 is 1.79 bits per heavy atom. The largest absolute Gasteiger partial charge is 0.395 e. The molecule has 1 fully saturated rings. The van der Waals surface area contributed by atoms with Crippen LogP contribution in [0.5, 0.6) is 0 Å². The number of hydrogen-bond donors (Lipinski definition) is 1. The first-order valence-electron chi connectivity index (χ1n) is 6.88. The van der Waals surface area contributed by atoms with Gasteiger partial charge in [0, 0.05) is 12.7 Å². The van der Waals surface area contributed by atoms with Gasteiger partial charge in [-0.05, 0) is 44.7 Å². The molecule has 1 aromatic rings. The van der Waals surface area contributed by atoms with E-state index in [-0.39, 0.29) is 12.5 Å². The Labute approximate surface area is 115 Å². The minimum absolute atomic E-state index is 0.0415. The van der Waals surface area contributed by atoms with Gasteiger partial charge in [-0.1, -0.05) is 24.1 Å². The first-order chi connectivity index (χ1) is 8.91. The molecule has 0 saturated heterocycles. The lowest BCUT2D eigenvalue weighted by Crippen LogP contribution is -2.49. The molecular weight excluding hydrogens is 238 g/mol. The molecule has 0 atom stereocenters. The van der Waals surface area contributed by atoms with Crippen LogP contribution in [-0.4, -0.2) is 24.7 Å². The van der Waals surface area contributed by atoms with Crippen molar-refractivity contribution in [2.45, 2.75) is 40.0 Å². The third-order valence-corrected chi connectivity index (χ3v) is 4.34. The molecule has 0 heterocycles. The van der Waals surface area contributed by atoms with Gasteiger partial charge >= 0.3 is 0 Å². The van der Waals surface area contributed by atoms with E-state index in [2.05, 4.69) is 19.1 Å². The summed E-state index contributed by atoms with van der Waals surface area (Å²) < 4.78 is 0. The van der Waals surface area contributed by atoms with Crippen LogP contribution in [0.1, 0.15) is 36.0 Å². The highest BCUT2D eigenvalue weighted by Crippen LogP contribution is 2.43. The number of aliphatic hydroxyl groups excluding tert-OH is 1. The van der Waals surface area contributed by atoms with Gasteiger partial charge in [0.1, 0.15) is 0 Å². The zero-order chi connectivity index (χ0) is 14.2. The Kier molecular flexibility index (Phi) is 3.68. The molecule has 0 radical (unpaired) electrons. The summed E-state index contributed by atoms with van der Waals surface area (Å²) in [4.78, 5) is 14.4. The minimum Gasteiger partial charge on any atom is -0.395 e. The summed E-state index contributed by atoms with van der Waals surface area (Å²) in [7, 11) is 1.82. The molecule has 1 aromatic carbocycles. The highest BCUT2D eigenvalue weighted by Gasteiger charge is 2.45. The van der Waals surface area contributed by atoms with E-state index in [1.54, 1.807) is 4.90 Å². The zero-order valence-corrected chi connectivity index (χ0v) is 12.3. The highest BCUT2D eigenvalue weighted by atomic mass is 16.3. The second kappa shape index (κ2) is 4.97. The van der Waals surface area contributed by atoms with Crippen LogP contribution in [0, 0.1) is 26.2 Å². The number of aryl methyl sites for hydroxylation is 3. The second-order valence-electron chi connectivity index (χ2n) is 5.90. The van der Waals surface area contributed by atoms with E-state index < -0.39 is 5.41 Å². The summed E-state index contributed by atoms with van der Waals surface area (Å²) in [6.45, 7) is 6.09. The summed E-state index contributed by atoms with van der Waals surface area (Å²) >= 11 is 0. The van der Waals surface area contributed by atoms with Crippen molar-refractivity contribution in [3.8, 4) is 0 Å². The average molecular weight is 261 g/mol. The third-order valence-electron chi connectivity index (χ3n) is 4.34. The molecule has 0 aliphatic heterocycles. The van der Waals surface area contributed by atoms with Crippen molar-refractivity contribution in [1.29, 1.82) is 0 Å². The molecule has 2 rings (SSSR count). The van der Waals surface area contributed by atoms with Gasteiger partial charge in [0.2, 0.25) is 5.91 Å². The molecule has 3 heteroatoms. The molecule has 0 aromatic heterocycles. The molecular formula is C16H23NO2. The van der Waals surface area contributed by atoms with E-state index in [9.17, 15) is 9.90 Å².